The predicted molar refractivity (Wildman–Crippen MR) is 106 cm³/mol. The van der Waals surface area contributed by atoms with Gasteiger partial charge in [-0.3, -0.25) is 9.69 Å². The number of amides is 3. The van der Waals surface area contributed by atoms with Crippen LogP contribution in [-0.4, -0.2) is 60.5 Å². The highest BCUT2D eigenvalue weighted by atomic mass is 16.2. The van der Waals surface area contributed by atoms with Crippen LogP contribution in [0, 0.1) is 5.92 Å². The highest BCUT2D eigenvalue weighted by molar-refractivity contribution is 5.79. The lowest BCUT2D eigenvalue weighted by Gasteiger charge is -2.32. The standard InChI is InChI=1S/C21H32N4O2/c1-17(24-11-5-6-12-24)15-23-21(27)25-13-9-19(10-14-25)20(26)22-16-18-7-3-2-4-8-18/h2-4,7-8,17,19H,5-6,9-16H2,1H3,(H,22,26)(H,23,27). The van der Waals surface area contributed by atoms with Crippen molar-refractivity contribution >= 4 is 11.9 Å². The summed E-state index contributed by atoms with van der Waals surface area (Å²) in [5.41, 5.74) is 1.11. The molecule has 2 saturated heterocycles. The van der Waals surface area contributed by atoms with Crippen LogP contribution in [0.3, 0.4) is 0 Å². The second-order valence-electron chi connectivity index (χ2n) is 7.74. The van der Waals surface area contributed by atoms with E-state index in [2.05, 4.69) is 22.5 Å². The Morgan fingerprint density at radius 1 is 1.04 bits per heavy atom. The molecule has 27 heavy (non-hydrogen) atoms. The van der Waals surface area contributed by atoms with E-state index in [4.69, 9.17) is 0 Å². The molecule has 0 radical (unpaired) electrons. The van der Waals surface area contributed by atoms with E-state index in [-0.39, 0.29) is 17.9 Å². The number of likely N-dealkylation sites (tertiary alicyclic amines) is 2. The van der Waals surface area contributed by atoms with E-state index in [1.54, 1.807) is 0 Å². The highest BCUT2D eigenvalue weighted by Gasteiger charge is 2.27. The second kappa shape index (κ2) is 9.74. The van der Waals surface area contributed by atoms with Gasteiger partial charge < -0.3 is 15.5 Å². The molecule has 3 rings (SSSR count). The Kier molecular flexibility index (Phi) is 7.10. The molecule has 2 N–H and O–H groups in total. The molecule has 1 atom stereocenters. The van der Waals surface area contributed by atoms with Crippen molar-refractivity contribution in [3.8, 4) is 0 Å². The van der Waals surface area contributed by atoms with Crippen molar-refractivity contribution in [2.45, 2.75) is 45.2 Å². The molecule has 1 unspecified atom stereocenters. The Balaban J connectivity index is 1.35. The molecule has 0 aromatic heterocycles. The molecule has 0 aliphatic carbocycles. The van der Waals surface area contributed by atoms with Crippen LogP contribution < -0.4 is 10.6 Å². The first-order valence-corrected chi connectivity index (χ1v) is 10.2. The van der Waals surface area contributed by atoms with Crippen LogP contribution in [0.5, 0.6) is 0 Å². The third-order valence-electron chi connectivity index (χ3n) is 5.78. The van der Waals surface area contributed by atoms with Gasteiger partial charge in [-0.15, -0.1) is 0 Å². The molecule has 3 amide bonds. The van der Waals surface area contributed by atoms with Crippen LogP contribution >= 0.6 is 0 Å². The summed E-state index contributed by atoms with van der Waals surface area (Å²) in [4.78, 5) is 29.1. The minimum absolute atomic E-state index is 0.00119. The number of nitrogens with zero attached hydrogens (tertiary/aromatic N) is 2. The molecule has 2 aliphatic rings. The summed E-state index contributed by atoms with van der Waals surface area (Å²) >= 11 is 0. The molecule has 6 nitrogen and oxygen atoms in total. The topological polar surface area (TPSA) is 64.7 Å². The Bertz CT molecular complexity index is 608. The molecule has 2 heterocycles. The smallest absolute Gasteiger partial charge is 0.317 e. The summed E-state index contributed by atoms with van der Waals surface area (Å²) in [6.07, 6.45) is 3.99. The number of carbonyl (C=O) groups excluding carboxylic acids is 2. The lowest BCUT2D eigenvalue weighted by Crippen LogP contribution is -2.49. The average molecular weight is 373 g/mol. The third kappa shape index (κ3) is 5.70. The van der Waals surface area contributed by atoms with E-state index in [0.29, 0.717) is 32.2 Å². The van der Waals surface area contributed by atoms with Gasteiger partial charge in [0.1, 0.15) is 0 Å². The van der Waals surface area contributed by atoms with Gasteiger partial charge in [-0.05, 0) is 51.3 Å². The SMILES string of the molecule is CC(CNC(=O)N1CCC(C(=O)NCc2ccccc2)CC1)N1CCCC1. The number of rotatable bonds is 6. The minimum Gasteiger partial charge on any atom is -0.352 e. The van der Waals surface area contributed by atoms with E-state index >= 15 is 0 Å². The monoisotopic (exact) mass is 372 g/mol. The summed E-state index contributed by atoms with van der Waals surface area (Å²) in [6, 6.07) is 10.3. The zero-order valence-corrected chi connectivity index (χ0v) is 16.3. The van der Waals surface area contributed by atoms with Crippen molar-refractivity contribution in [2.24, 2.45) is 5.92 Å². The number of urea groups is 1. The van der Waals surface area contributed by atoms with Crippen LogP contribution in [0.4, 0.5) is 4.79 Å². The normalized spacial score (nSPS) is 19.7. The van der Waals surface area contributed by atoms with Gasteiger partial charge in [-0.1, -0.05) is 30.3 Å². The molecule has 0 bridgehead atoms. The zero-order valence-electron chi connectivity index (χ0n) is 16.3. The van der Waals surface area contributed by atoms with Gasteiger partial charge in [0, 0.05) is 38.1 Å². The number of benzene rings is 1. The third-order valence-corrected chi connectivity index (χ3v) is 5.78. The quantitative estimate of drug-likeness (QED) is 0.805. The first-order valence-electron chi connectivity index (χ1n) is 10.2. The minimum atomic E-state index is 0.00119. The molecule has 0 spiro atoms. The van der Waals surface area contributed by atoms with Crippen LogP contribution in [-0.2, 0) is 11.3 Å². The van der Waals surface area contributed by atoms with Gasteiger partial charge >= 0.3 is 6.03 Å². The molecule has 1 aromatic carbocycles. The van der Waals surface area contributed by atoms with Gasteiger partial charge in [-0.25, -0.2) is 4.79 Å². The summed E-state index contributed by atoms with van der Waals surface area (Å²) in [7, 11) is 0. The molecule has 6 heteroatoms. The van der Waals surface area contributed by atoms with Gasteiger partial charge in [-0.2, -0.15) is 0 Å². The van der Waals surface area contributed by atoms with Crippen molar-refractivity contribution in [1.82, 2.24) is 20.4 Å². The molecular weight excluding hydrogens is 340 g/mol. The van der Waals surface area contributed by atoms with E-state index in [1.165, 1.54) is 12.8 Å². The Labute approximate surface area is 162 Å². The maximum absolute atomic E-state index is 12.4. The Morgan fingerprint density at radius 2 is 1.70 bits per heavy atom. The Hall–Kier alpha value is -2.08. The Morgan fingerprint density at radius 3 is 2.37 bits per heavy atom. The van der Waals surface area contributed by atoms with Gasteiger partial charge in [0.2, 0.25) is 5.91 Å². The van der Waals surface area contributed by atoms with E-state index in [1.807, 2.05) is 35.2 Å². The molecule has 1 aromatic rings. The van der Waals surface area contributed by atoms with Crippen LogP contribution in [0.25, 0.3) is 0 Å². The molecule has 0 saturated carbocycles. The predicted octanol–water partition coefficient (Wildman–Crippen LogP) is 2.21. The number of hydrogen-bond acceptors (Lipinski definition) is 3. The molecule has 148 valence electrons. The first kappa shape index (κ1) is 19.7. The fraction of sp³-hybridized carbons (Fsp3) is 0.619. The van der Waals surface area contributed by atoms with E-state index in [0.717, 1.165) is 31.5 Å². The largest absolute Gasteiger partial charge is 0.352 e. The second-order valence-corrected chi connectivity index (χ2v) is 7.74. The molecule has 2 fully saturated rings. The zero-order chi connectivity index (χ0) is 19.1. The maximum atomic E-state index is 12.4. The van der Waals surface area contributed by atoms with Gasteiger partial charge in [0.05, 0.1) is 0 Å². The number of hydrogen-bond donors (Lipinski definition) is 2. The molecule has 2 aliphatic heterocycles. The van der Waals surface area contributed by atoms with Crippen LogP contribution in [0.15, 0.2) is 30.3 Å². The summed E-state index contributed by atoms with van der Waals surface area (Å²) in [5.74, 6) is 0.0999. The van der Waals surface area contributed by atoms with Crippen molar-refractivity contribution in [1.29, 1.82) is 0 Å². The van der Waals surface area contributed by atoms with Crippen LogP contribution in [0.2, 0.25) is 0 Å². The summed E-state index contributed by atoms with van der Waals surface area (Å²) in [5, 5.41) is 6.09. The fourth-order valence-corrected chi connectivity index (χ4v) is 3.93. The van der Waals surface area contributed by atoms with Crippen LogP contribution in [0.1, 0.15) is 38.2 Å². The first-order chi connectivity index (χ1) is 13.1. The van der Waals surface area contributed by atoms with Crippen molar-refractivity contribution in [3.63, 3.8) is 0 Å². The lowest BCUT2D eigenvalue weighted by molar-refractivity contribution is -0.126. The highest BCUT2D eigenvalue weighted by Crippen LogP contribution is 2.18. The number of nitrogens with one attached hydrogen (secondary N) is 2. The number of piperidine rings is 1. The number of carbonyl (C=O) groups is 2. The fourth-order valence-electron chi connectivity index (χ4n) is 3.93. The molecular formula is C21H32N4O2. The van der Waals surface area contributed by atoms with E-state index < -0.39 is 0 Å². The van der Waals surface area contributed by atoms with Crippen molar-refractivity contribution < 1.29 is 9.59 Å². The van der Waals surface area contributed by atoms with Crippen molar-refractivity contribution in [2.75, 3.05) is 32.7 Å². The average Bonchev–Trinajstić information content (AvgIpc) is 3.26. The summed E-state index contributed by atoms with van der Waals surface area (Å²) in [6.45, 7) is 7.00. The van der Waals surface area contributed by atoms with E-state index in [9.17, 15) is 9.59 Å². The van der Waals surface area contributed by atoms with Gasteiger partial charge in [0.15, 0.2) is 0 Å². The summed E-state index contributed by atoms with van der Waals surface area (Å²) < 4.78 is 0. The van der Waals surface area contributed by atoms with Crippen molar-refractivity contribution in [3.05, 3.63) is 35.9 Å². The maximum Gasteiger partial charge on any atom is 0.317 e. The van der Waals surface area contributed by atoms with Gasteiger partial charge in [0.25, 0.3) is 0 Å². The lowest BCUT2D eigenvalue weighted by atomic mass is 9.96.